The molecule has 1 saturated carbocycles. The Kier molecular flexibility index (Phi) is 4.07. The predicted octanol–water partition coefficient (Wildman–Crippen LogP) is 3.74. The van der Waals surface area contributed by atoms with Crippen molar-refractivity contribution in [3.05, 3.63) is 33.4 Å². The molecule has 0 atom stereocenters. The van der Waals surface area contributed by atoms with Crippen molar-refractivity contribution >= 4 is 28.5 Å². The van der Waals surface area contributed by atoms with Crippen LogP contribution in [-0.4, -0.2) is 11.4 Å². The van der Waals surface area contributed by atoms with E-state index in [9.17, 15) is 4.79 Å². The number of amides is 1. The Labute approximate surface area is 116 Å². The highest BCUT2D eigenvalue weighted by atomic mass is 127. The molecule has 1 aliphatic rings. The summed E-state index contributed by atoms with van der Waals surface area (Å²) in [7, 11) is 0. The molecule has 2 nitrogen and oxygen atoms in total. The molecule has 1 aromatic carbocycles. The molecule has 0 aromatic heterocycles. The van der Waals surface area contributed by atoms with Gasteiger partial charge in [0.25, 0.3) is 5.91 Å². The molecule has 1 N–H and O–H groups in total. The summed E-state index contributed by atoms with van der Waals surface area (Å²) in [4.78, 5) is 12.1. The van der Waals surface area contributed by atoms with Gasteiger partial charge in [-0.05, 0) is 66.6 Å². The van der Waals surface area contributed by atoms with Crippen LogP contribution < -0.4 is 5.32 Å². The number of carbonyl (C=O) groups excluding carboxylic acids is 1. The normalized spacial score (nSPS) is 18.7. The molecule has 2 rings (SSSR count). The van der Waals surface area contributed by atoms with Gasteiger partial charge in [0.2, 0.25) is 0 Å². The van der Waals surface area contributed by atoms with E-state index in [0.29, 0.717) is 0 Å². The number of hydrogen-bond donors (Lipinski definition) is 1. The maximum atomic E-state index is 12.1. The van der Waals surface area contributed by atoms with E-state index in [0.717, 1.165) is 22.0 Å². The zero-order chi connectivity index (χ0) is 12.3. The van der Waals surface area contributed by atoms with Crippen LogP contribution in [-0.2, 0) is 0 Å². The lowest BCUT2D eigenvalue weighted by molar-refractivity contribution is 0.0882. The zero-order valence-corrected chi connectivity index (χ0v) is 12.3. The molecule has 0 spiro atoms. The van der Waals surface area contributed by atoms with Gasteiger partial charge in [-0.15, -0.1) is 0 Å². The van der Waals surface area contributed by atoms with E-state index in [2.05, 4.69) is 34.8 Å². The van der Waals surface area contributed by atoms with Gasteiger partial charge in [0.1, 0.15) is 0 Å². The number of carbonyl (C=O) groups is 1. The van der Waals surface area contributed by atoms with E-state index < -0.39 is 0 Å². The Bertz CT molecular complexity index is 393. The van der Waals surface area contributed by atoms with Crippen LogP contribution in [0.15, 0.2) is 24.3 Å². The molecule has 0 aliphatic heterocycles. The first-order valence-electron chi connectivity index (χ1n) is 6.17. The molecule has 17 heavy (non-hydrogen) atoms. The Balaban J connectivity index is 2.03. The number of benzene rings is 1. The molecular formula is C14H18INO. The minimum atomic E-state index is -0.00166. The highest BCUT2D eigenvalue weighted by Crippen LogP contribution is 2.27. The van der Waals surface area contributed by atoms with Gasteiger partial charge < -0.3 is 5.32 Å². The summed E-state index contributed by atoms with van der Waals surface area (Å²) in [6.45, 7) is 2.16. The highest BCUT2D eigenvalue weighted by molar-refractivity contribution is 14.1. The number of rotatable bonds is 2. The summed E-state index contributed by atoms with van der Waals surface area (Å²) in [6.07, 6.45) is 5.95. The van der Waals surface area contributed by atoms with Crippen LogP contribution in [0.1, 0.15) is 49.4 Å². The molecule has 3 heteroatoms. The molecule has 92 valence electrons. The van der Waals surface area contributed by atoms with Crippen molar-refractivity contribution in [3.8, 4) is 0 Å². The second-order valence-electron chi connectivity index (χ2n) is 5.08. The minimum Gasteiger partial charge on any atom is -0.347 e. The molecule has 1 amide bonds. The summed E-state index contributed by atoms with van der Waals surface area (Å²) in [5.41, 5.74) is 0.760. The van der Waals surface area contributed by atoms with Crippen LogP contribution in [0.5, 0.6) is 0 Å². The van der Waals surface area contributed by atoms with Crippen molar-refractivity contribution in [2.75, 3.05) is 0 Å². The van der Waals surface area contributed by atoms with Gasteiger partial charge in [-0.2, -0.15) is 0 Å². The van der Waals surface area contributed by atoms with E-state index in [1.54, 1.807) is 0 Å². The Morgan fingerprint density at radius 3 is 2.35 bits per heavy atom. The van der Waals surface area contributed by atoms with E-state index in [4.69, 9.17) is 0 Å². The predicted molar refractivity (Wildman–Crippen MR) is 78.1 cm³/mol. The average Bonchev–Trinajstić information content (AvgIpc) is 2.30. The molecule has 1 aromatic rings. The van der Waals surface area contributed by atoms with Gasteiger partial charge in [-0.1, -0.05) is 19.3 Å². The van der Waals surface area contributed by atoms with Gasteiger partial charge in [-0.25, -0.2) is 0 Å². The topological polar surface area (TPSA) is 29.1 Å². The van der Waals surface area contributed by atoms with Gasteiger partial charge in [0, 0.05) is 14.7 Å². The fraction of sp³-hybridized carbons (Fsp3) is 0.500. The van der Waals surface area contributed by atoms with Gasteiger partial charge in [0.15, 0.2) is 0 Å². The van der Waals surface area contributed by atoms with Crippen LogP contribution in [0.2, 0.25) is 0 Å². The third-order valence-corrected chi connectivity index (χ3v) is 4.20. The Morgan fingerprint density at radius 2 is 1.76 bits per heavy atom. The van der Waals surface area contributed by atoms with Crippen LogP contribution in [0.3, 0.4) is 0 Å². The summed E-state index contributed by atoms with van der Waals surface area (Å²) >= 11 is 2.25. The quantitative estimate of drug-likeness (QED) is 0.815. The smallest absolute Gasteiger partial charge is 0.251 e. The lowest BCUT2D eigenvalue weighted by Crippen LogP contribution is -2.47. The van der Waals surface area contributed by atoms with Gasteiger partial charge in [-0.3, -0.25) is 4.79 Å². The molecule has 1 aliphatic carbocycles. The minimum absolute atomic E-state index is 0.00166. The first kappa shape index (κ1) is 12.9. The summed E-state index contributed by atoms with van der Waals surface area (Å²) in [6, 6.07) is 7.73. The highest BCUT2D eigenvalue weighted by Gasteiger charge is 2.28. The molecule has 0 unspecified atom stereocenters. The standard InChI is InChI=1S/C14H18INO/c1-14(9-3-2-4-10-14)16-13(17)11-5-7-12(15)8-6-11/h5-8H,2-4,9-10H2,1H3,(H,16,17). The molecule has 0 radical (unpaired) electrons. The zero-order valence-electron chi connectivity index (χ0n) is 10.1. The van der Waals surface area contributed by atoms with Crippen molar-refractivity contribution in [1.29, 1.82) is 0 Å². The lowest BCUT2D eigenvalue weighted by atomic mass is 9.83. The summed E-state index contributed by atoms with van der Waals surface area (Å²) in [5, 5.41) is 3.19. The number of nitrogens with one attached hydrogen (secondary N) is 1. The van der Waals surface area contributed by atoms with Crippen LogP contribution >= 0.6 is 22.6 Å². The maximum Gasteiger partial charge on any atom is 0.251 e. The molecule has 0 saturated heterocycles. The van der Waals surface area contributed by atoms with E-state index in [1.807, 2.05) is 24.3 Å². The molecular weight excluding hydrogens is 325 g/mol. The van der Waals surface area contributed by atoms with E-state index in [-0.39, 0.29) is 11.4 Å². The van der Waals surface area contributed by atoms with Crippen molar-refractivity contribution in [3.63, 3.8) is 0 Å². The Hall–Kier alpha value is -0.580. The van der Waals surface area contributed by atoms with Crippen LogP contribution in [0.25, 0.3) is 0 Å². The fourth-order valence-electron chi connectivity index (χ4n) is 2.40. The summed E-state index contributed by atoms with van der Waals surface area (Å²) in [5.74, 6) is 0.0609. The first-order chi connectivity index (χ1) is 8.09. The largest absolute Gasteiger partial charge is 0.347 e. The van der Waals surface area contributed by atoms with Gasteiger partial charge in [0.05, 0.1) is 0 Å². The van der Waals surface area contributed by atoms with E-state index in [1.165, 1.54) is 19.3 Å². The van der Waals surface area contributed by atoms with Crippen molar-refractivity contribution in [2.24, 2.45) is 0 Å². The maximum absolute atomic E-state index is 12.1. The van der Waals surface area contributed by atoms with E-state index >= 15 is 0 Å². The third kappa shape index (κ3) is 3.44. The second-order valence-corrected chi connectivity index (χ2v) is 6.33. The molecule has 0 heterocycles. The van der Waals surface area contributed by atoms with Gasteiger partial charge >= 0.3 is 0 Å². The van der Waals surface area contributed by atoms with Crippen molar-refractivity contribution < 1.29 is 4.79 Å². The monoisotopic (exact) mass is 343 g/mol. The first-order valence-corrected chi connectivity index (χ1v) is 7.25. The SMILES string of the molecule is CC1(NC(=O)c2ccc(I)cc2)CCCCC1. The Morgan fingerprint density at radius 1 is 1.18 bits per heavy atom. The van der Waals surface area contributed by atoms with Crippen molar-refractivity contribution in [2.45, 2.75) is 44.6 Å². The van der Waals surface area contributed by atoms with Crippen LogP contribution in [0, 0.1) is 3.57 Å². The summed E-state index contributed by atoms with van der Waals surface area (Å²) < 4.78 is 1.16. The molecule has 1 fully saturated rings. The lowest BCUT2D eigenvalue weighted by Gasteiger charge is -2.34. The second kappa shape index (κ2) is 5.38. The molecule has 0 bridgehead atoms. The number of halogens is 1. The average molecular weight is 343 g/mol. The third-order valence-electron chi connectivity index (χ3n) is 3.48. The van der Waals surface area contributed by atoms with Crippen LogP contribution in [0.4, 0.5) is 0 Å². The fourth-order valence-corrected chi connectivity index (χ4v) is 2.76. The number of hydrogen-bond acceptors (Lipinski definition) is 1. The van der Waals surface area contributed by atoms with Crippen molar-refractivity contribution in [1.82, 2.24) is 5.32 Å².